The van der Waals surface area contributed by atoms with Crippen molar-refractivity contribution >= 4 is 28.7 Å². The van der Waals surface area contributed by atoms with E-state index in [0.29, 0.717) is 6.61 Å². The number of hydrazone groups is 1. The number of piperazine rings is 1. The van der Waals surface area contributed by atoms with Crippen LogP contribution in [0.1, 0.15) is 0 Å². The van der Waals surface area contributed by atoms with Gasteiger partial charge in [-0.05, 0) is 6.08 Å². The molecule has 3 aliphatic rings. The normalized spacial score (nSPS) is 27.2. The molecule has 0 saturated carbocycles. The Balaban J connectivity index is 1.90. The van der Waals surface area contributed by atoms with E-state index in [9.17, 15) is 0 Å². The summed E-state index contributed by atoms with van der Waals surface area (Å²) >= 11 is 2.32. The zero-order valence-corrected chi connectivity index (χ0v) is 9.14. The van der Waals surface area contributed by atoms with Crippen LogP contribution in [0.5, 0.6) is 0 Å². The van der Waals surface area contributed by atoms with Gasteiger partial charge in [0.2, 0.25) is 0 Å². The highest BCUT2D eigenvalue weighted by Gasteiger charge is 2.35. The molecule has 1 fully saturated rings. The maximum atomic E-state index is 5.29. The van der Waals surface area contributed by atoms with Crippen molar-refractivity contribution in [3.05, 3.63) is 11.9 Å². The number of nitrogens with zero attached hydrogens (tertiary/aromatic N) is 4. The summed E-state index contributed by atoms with van der Waals surface area (Å²) in [4.78, 5) is 7.52. The van der Waals surface area contributed by atoms with Crippen LogP contribution in [0, 0.1) is 0 Å². The highest BCUT2D eigenvalue weighted by molar-refractivity contribution is 14.1. The van der Waals surface area contributed by atoms with E-state index < -0.39 is 0 Å². The molecule has 0 N–H and O–H groups in total. The molecule has 3 rings (SSSR count). The molecule has 0 aromatic rings. The van der Waals surface area contributed by atoms with Crippen LogP contribution < -0.4 is 0 Å². The van der Waals surface area contributed by atoms with Gasteiger partial charge in [-0.15, -0.1) is 10.3 Å². The Morgan fingerprint density at radius 1 is 1.46 bits per heavy atom. The third-order valence-electron chi connectivity index (χ3n) is 2.33. The van der Waals surface area contributed by atoms with Gasteiger partial charge in [0, 0.05) is 36.0 Å². The molecule has 3 heterocycles. The lowest BCUT2D eigenvalue weighted by Crippen LogP contribution is -2.43. The monoisotopic (exact) mass is 292 g/mol. The molecule has 3 aliphatic heterocycles. The summed E-state index contributed by atoms with van der Waals surface area (Å²) in [5, 5.41) is 5.99. The van der Waals surface area contributed by atoms with Crippen LogP contribution in [0.3, 0.4) is 0 Å². The van der Waals surface area contributed by atoms with Gasteiger partial charge >= 0.3 is 0 Å². The van der Waals surface area contributed by atoms with Gasteiger partial charge in [-0.1, -0.05) is 0 Å². The molecule has 13 heavy (non-hydrogen) atoms. The Morgan fingerprint density at radius 3 is 3.31 bits per heavy atom. The van der Waals surface area contributed by atoms with Crippen molar-refractivity contribution in [1.29, 1.82) is 0 Å². The summed E-state index contributed by atoms with van der Waals surface area (Å²) in [7, 11) is 0. The van der Waals surface area contributed by atoms with Crippen molar-refractivity contribution < 1.29 is 4.84 Å². The molecule has 0 unspecified atom stereocenters. The van der Waals surface area contributed by atoms with Crippen LogP contribution in [0.2, 0.25) is 0 Å². The smallest absolute Gasteiger partial charge is 0.159 e. The van der Waals surface area contributed by atoms with Crippen LogP contribution in [0.25, 0.3) is 0 Å². The molecule has 0 radical (unpaired) electrons. The first-order valence-electron chi connectivity index (χ1n) is 4.23. The van der Waals surface area contributed by atoms with Crippen LogP contribution in [0.4, 0.5) is 0 Å². The Bertz CT molecular complexity index is 303. The number of amidine groups is 1. The van der Waals surface area contributed by atoms with Gasteiger partial charge in [-0.3, -0.25) is 0 Å². The zero-order valence-electron chi connectivity index (χ0n) is 6.98. The average Bonchev–Trinajstić information content (AvgIpc) is 2.62. The van der Waals surface area contributed by atoms with Crippen molar-refractivity contribution in [2.45, 2.75) is 0 Å². The van der Waals surface area contributed by atoms with Gasteiger partial charge in [-0.25, -0.2) is 7.95 Å². The van der Waals surface area contributed by atoms with Crippen molar-refractivity contribution in [2.24, 2.45) is 5.10 Å². The quantitative estimate of drug-likeness (QED) is 0.477. The number of hydrogen-bond donors (Lipinski definition) is 0. The van der Waals surface area contributed by atoms with E-state index in [1.54, 1.807) is 5.17 Å². The molecular weight excluding hydrogens is 283 g/mol. The number of hydrogen-bond acceptors (Lipinski definition) is 5. The van der Waals surface area contributed by atoms with E-state index in [-0.39, 0.29) is 0 Å². The number of fused-ring (bicyclic) bond motifs is 3. The molecule has 70 valence electrons. The van der Waals surface area contributed by atoms with Crippen molar-refractivity contribution in [1.82, 2.24) is 13.2 Å². The second-order valence-electron chi connectivity index (χ2n) is 3.14. The van der Waals surface area contributed by atoms with E-state index in [1.807, 2.05) is 0 Å². The van der Waals surface area contributed by atoms with Gasteiger partial charge in [0.15, 0.2) is 5.82 Å². The third kappa shape index (κ3) is 1.16. The first-order chi connectivity index (χ1) is 6.34. The molecule has 6 heteroatoms. The Kier molecular flexibility index (Phi) is 1.74. The first-order valence-corrected chi connectivity index (χ1v) is 5.20. The Morgan fingerprint density at radius 2 is 2.38 bits per heavy atom. The molecule has 0 aromatic carbocycles. The molecule has 0 atom stereocenters. The Hall–Kier alpha value is -0.340. The van der Waals surface area contributed by atoms with E-state index in [1.165, 1.54) is 0 Å². The molecule has 0 aliphatic carbocycles. The minimum atomic E-state index is 0.649. The van der Waals surface area contributed by atoms with E-state index in [4.69, 9.17) is 4.84 Å². The SMILES string of the molecule is IN1CCN2C3=CCON3N=C2C1. The fourth-order valence-electron chi connectivity index (χ4n) is 1.71. The highest BCUT2D eigenvalue weighted by Crippen LogP contribution is 2.27. The van der Waals surface area contributed by atoms with Gasteiger partial charge < -0.3 is 4.90 Å². The highest BCUT2D eigenvalue weighted by atomic mass is 127. The molecule has 0 bridgehead atoms. The second kappa shape index (κ2) is 2.82. The van der Waals surface area contributed by atoms with Gasteiger partial charge in [0.05, 0.1) is 13.2 Å². The average molecular weight is 292 g/mol. The predicted molar refractivity (Wildman–Crippen MR) is 55.6 cm³/mol. The number of rotatable bonds is 0. The van der Waals surface area contributed by atoms with E-state index in [2.05, 4.69) is 42.1 Å². The zero-order chi connectivity index (χ0) is 8.84. The van der Waals surface area contributed by atoms with Crippen LogP contribution in [0.15, 0.2) is 17.0 Å². The topological polar surface area (TPSA) is 31.3 Å². The summed E-state index contributed by atoms with van der Waals surface area (Å²) in [5.41, 5.74) is 0. The largest absolute Gasteiger partial charge is 0.309 e. The maximum Gasteiger partial charge on any atom is 0.159 e. The summed E-state index contributed by atoms with van der Waals surface area (Å²) in [5.74, 6) is 2.19. The number of halogens is 1. The fraction of sp³-hybridized carbons (Fsp3) is 0.571. The van der Waals surface area contributed by atoms with Crippen molar-refractivity contribution in [2.75, 3.05) is 26.2 Å². The molecule has 0 spiro atoms. The first kappa shape index (κ1) is 8.01. The molecule has 0 aromatic heterocycles. The summed E-state index contributed by atoms with van der Waals surface area (Å²) in [6.45, 7) is 3.63. The van der Waals surface area contributed by atoms with Gasteiger partial charge in [0.1, 0.15) is 5.84 Å². The lowest BCUT2D eigenvalue weighted by atomic mass is 10.3. The summed E-state index contributed by atoms with van der Waals surface area (Å²) < 4.78 is 2.23. The van der Waals surface area contributed by atoms with E-state index >= 15 is 0 Å². The summed E-state index contributed by atoms with van der Waals surface area (Å²) in [6, 6.07) is 0. The lowest BCUT2D eigenvalue weighted by Gasteiger charge is -2.29. The molecule has 0 amide bonds. The molecular formula is C7H9IN4O. The van der Waals surface area contributed by atoms with Crippen LogP contribution in [-0.4, -0.2) is 45.3 Å². The van der Waals surface area contributed by atoms with Crippen LogP contribution >= 0.6 is 22.9 Å². The minimum Gasteiger partial charge on any atom is -0.309 e. The fourth-order valence-corrected chi connectivity index (χ4v) is 2.23. The minimum absolute atomic E-state index is 0.649. The third-order valence-corrected chi connectivity index (χ3v) is 3.16. The van der Waals surface area contributed by atoms with Crippen LogP contribution in [-0.2, 0) is 4.84 Å². The second-order valence-corrected chi connectivity index (χ2v) is 4.51. The number of hydroxylamine groups is 1. The van der Waals surface area contributed by atoms with Gasteiger partial charge in [-0.2, -0.15) is 0 Å². The van der Waals surface area contributed by atoms with Gasteiger partial charge in [0.25, 0.3) is 0 Å². The Labute approximate surface area is 90.1 Å². The summed E-state index contributed by atoms with van der Waals surface area (Å²) in [6.07, 6.45) is 2.07. The standard InChI is InChI=1S/C7H9IN4O/c8-10-2-3-11-6(5-10)9-12-7(11)1-4-13-12/h1H,2-5H2. The molecule has 5 nitrogen and oxygen atoms in total. The predicted octanol–water partition coefficient (Wildman–Crippen LogP) is 0.370. The van der Waals surface area contributed by atoms with Crippen molar-refractivity contribution in [3.63, 3.8) is 0 Å². The lowest BCUT2D eigenvalue weighted by molar-refractivity contribution is -0.101. The van der Waals surface area contributed by atoms with Crippen molar-refractivity contribution in [3.8, 4) is 0 Å². The molecule has 1 saturated heterocycles. The maximum absolute atomic E-state index is 5.29. The van der Waals surface area contributed by atoms with E-state index in [0.717, 1.165) is 31.3 Å².